The lowest BCUT2D eigenvalue weighted by molar-refractivity contribution is 0.185. The Morgan fingerprint density at radius 2 is 2.39 bits per heavy atom. The summed E-state index contributed by atoms with van der Waals surface area (Å²) in [5.41, 5.74) is 0.735. The minimum atomic E-state index is 0.653. The number of ether oxygens (including phenoxy) is 1. The van der Waals surface area contributed by atoms with Gasteiger partial charge in [-0.2, -0.15) is 4.98 Å². The third-order valence-corrected chi connectivity index (χ3v) is 3.21. The molecular formula is C13H16N4O. The highest BCUT2D eigenvalue weighted by Gasteiger charge is 2.14. The van der Waals surface area contributed by atoms with Crippen LogP contribution in [0.2, 0.25) is 0 Å². The number of nitrogens with one attached hydrogen (secondary N) is 1. The van der Waals surface area contributed by atoms with Gasteiger partial charge in [-0.1, -0.05) is 0 Å². The summed E-state index contributed by atoms with van der Waals surface area (Å²) in [6, 6.07) is 3.85. The fraction of sp³-hybridized carbons (Fsp3) is 0.462. The summed E-state index contributed by atoms with van der Waals surface area (Å²) >= 11 is 0. The molecular weight excluding hydrogens is 228 g/mol. The smallest absolute Gasteiger partial charge is 0.224 e. The molecule has 2 aromatic rings. The molecule has 1 atom stereocenters. The SMILES string of the molecule is c1cnc2nc(NCCC3CCOC3)ncc2c1. The van der Waals surface area contributed by atoms with Crippen molar-refractivity contribution in [3.8, 4) is 0 Å². The predicted molar refractivity (Wildman–Crippen MR) is 69.4 cm³/mol. The van der Waals surface area contributed by atoms with Crippen LogP contribution in [0.15, 0.2) is 24.5 Å². The highest BCUT2D eigenvalue weighted by Crippen LogP contribution is 2.16. The normalized spacial score (nSPS) is 19.2. The molecule has 0 bridgehead atoms. The van der Waals surface area contributed by atoms with Crippen LogP contribution in [0.25, 0.3) is 11.0 Å². The Labute approximate surface area is 106 Å². The Balaban J connectivity index is 1.60. The van der Waals surface area contributed by atoms with E-state index in [0.717, 1.165) is 37.2 Å². The van der Waals surface area contributed by atoms with Crippen LogP contribution >= 0.6 is 0 Å². The monoisotopic (exact) mass is 244 g/mol. The molecule has 1 N–H and O–H groups in total. The number of hydrogen-bond donors (Lipinski definition) is 1. The molecule has 1 fully saturated rings. The minimum Gasteiger partial charge on any atom is -0.381 e. The van der Waals surface area contributed by atoms with E-state index >= 15 is 0 Å². The highest BCUT2D eigenvalue weighted by atomic mass is 16.5. The van der Waals surface area contributed by atoms with Crippen LogP contribution in [-0.4, -0.2) is 34.7 Å². The van der Waals surface area contributed by atoms with Crippen molar-refractivity contribution in [3.63, 3.8) is 0 Å². The van der Waals surface area contributed by atoms with E-state index in [1.165, 1.54) is 6.42 Å². The Morgan fingerprint density at radius 1 is 1.39 bits per heavy atom. The van der Waals surface area contributed by atoms with E-state index < -0.39 is 0 Å². The third kappa shape index (κ3) is 2.56. The molecule has 0 saturated carbocycles. The summed E-state index contributed by atoms with van der Waals surface area (Å²) in [6.45, 7) is 2.68. The van der Waals surface area contributed by atoms with Crippen molar-refractivity contribution in [2.24, 2.45) is 5.92 Å². The first kappa shape index (κ1) is 11.3. The predicted octanol–water partition coefficient (Wildman–Crippen LogP) is 1.86. The molecule has 1 aliphatic rings. The maximum Gasteiger partial charge on any atom is 0.224 e. The lowest BCUT2D eigenvalue weighted by Gasteiger charge is -2.08. The van der Waals surface area contributed by atoms with Gasteiger partial charge in [0.2, 0.25) is 5.95 Å². The van der Waals surface area contributed by atoms with E-state index in [1.54, 1.807) is 12.4 Å². The van der Waals surface area contributed by atoms with Crippen LogP contribution in [0.3, 0.4) is 0 Å². The molecule has 1 saturated heterocycles. The van der Waals surface area contributed by atoms with E-state index in [2.05, 4.69) is 20.3 Å². The average molecular weight is 244 g/mol. The van der Waals surface area contributed by atoms with Gasteiger partial charge < -0.3 is 10.1 Å². The molecule has 0 spiro atoms. The highest BCUT2D eigenvalue weighted by molar-refractivity contribution is 5.74. The van der Waals surface area contributed by atoms with Crippen molar-refractivity contribution >= 4 is 17.0 Å². The Bertz CT molecular complexity index is 525. The molecule has 18 heavy (non-hydrogen) atoms. The van der Waals surface area contributed by atoms with Gasteiger partial charge in [-0.3, -0.25) is 0 Å². The van der Waals surface area contributed by atoms with Crippen molar-refractivity contribution in [1.82, 2.24) is 15.0 Å². The third-order valence-electron chi connectivity index (χ3n) is 3.21. The van der Waals surface area contributed by atoms with Gasteiger partial charge in [0.15, 0.2) is 5.65 Å². The number of anilines is 1. The van der Waals surface area contributed by atoms with Gasteiger partial charge in [-0.05, 0) is 30.9 Å². The van der Waals surface area contributed by atoms with Crippen LogP contribution in [0.5, 0.6) is 0 Å². The number of nitrogens with zero attached hydrogens (tertiary/aromatic N) is 3. The summed E-state index contributed by atoms with van der Waals surface area (Å²) in [7, 11) is 0. The average Bonchev–Trinajstić information content (AvgIpc) is 2.92. The molecule has 0 amide bonds. The van der Waals surface area contributed by atoms with Crippen molar-refractivity contribution in [1.29, 1.82) is 0 Å². The van der Waals surface area contributed by atoms with Crippen molar-refractivity contribution < 1.29 is 4.74 Å². The number of fused-ring (bicyclic) bond motifs is 1. The molecule has 0 aromatic carbocycles. The van der Waals surface area contributed by atoms with Gasteiger partial charge in [0.1, 0.15) is 0 Å². The fourth-order valence-electron chi connectivity index (χ4n) is 2.15. The summed E-state index contributed by atoms with van der Waals surface area (Å²) < 4.78 is 5.35. The quantitative estimate of drug-likeness (QED) is 0.889. The molecule has 3 rings (SSSR count). The maximum atomic E-state index is 5.35. The lowest BCUT2D eigenvalue weighted by atomic mass is 10.1. The molecule has 1 aliphatic heterocycles. The van der Waals surface area contributed by atoms with Crippen molar-refractivity contribution in [2.45, 2.75) is 12.8 Å². The van der Waals surface area contributed by atoms with Crippen LogP contribution in [-0.2, 0) is 4.74 Å². The lowest BCUT2D eigenvalue weighted by Crippen LogP contribution is -2.11. The van der Waals surface area contributed by atoms with Gasteiger partial charge in [0.05, 0.1) is 0 Å². The Kier molecular flexibility index (Phi) is 3.32. The number of rotatable bonds is 4. The van der Waals surface area contributed by atoms with E-state index in [0.29, 0.717) is 11.9 Å². The van der Waals surface area contributed by atoms with Crippen molar-refractivity contribution in [2.75, 3.05) is 25.1 Å². The first-order valence-electron chi connectivity index (χ1n) is 6.31. The maximum absolute atomic E-state index is 5.35. The largest absolute Gasteiger partial charge is 0.381 e. The molecule has 3 heterocycles. The molecule has 5 heteroatoms. The van der Waals surface area contributed by atoms with Gasteiger partial charge in [-0.15, -0.1) is 0 Å². The molecule has 1 unspecified atom stereocenters. The first-order valence-corrected chi connectivity index (χ1v) is 6.31. The summed E-state index contributed by atoms with van der Waals surface area (Å²) in [5.74, 6) is 1.33. The van der Waals surface area contributed by atoms with Crippen LogP contribution in [0.4, 0.5) is 5.95 Å². The van der Waals surface area contributed by atoms with Crippen molar-refractivity contribution in [3.05, 3.63) is 24.5 Å². The molecule has 0 aliphatic carbocycles. The minimum absolute atomic E-state index is 0.653. The first-order chi connectivity index (χ1) is 8.92. The molecule has 2 aromatic heterocycles. The topological polar surface area (TPSA) is 59.9 Å². The Hall–Kier alpha value is -1.75. The van der Waals surface area contributed by atoms with Crippen LogP contribution < -0.4 is 5.32 Å². The Morgan fingerprint density at radius 3 is 3.28 bits per heavy atom. The second-order valence-corrected chi connectivity index (χ2v) is 4.55. The van der Waals surface area contributed by atoms with E-state index in [4.69, 9.17) is 4.74 Å². The summed E-state index contributed by atoms with van der Waals surface area (Å²) in [4.78, 5) is 12.9. The molecule has 5 nitrogen and oxygen atoms in total. The zero-order valence-corrected chi connectivity index (χ0v) is 10.2. The molecule has 94 valence electrons. The van der Waals surface area contributed by atoms with Crippen LogP contribution in [0, 0.1) is 5.92 Å². The number of aromatic nitrogens is 3. The van der Waals surface area contributed by atoms with Gasteiger partial charge in [-0.25, -0.2) is 9.97 Å². The van der Waals surface area contributed by atoms with Crippen LogP contribution in [0.1, 0.15) is 12.8 Å². The molecule has 0 radical (unpaired) electrons. The zero-order chi connectivity index (χ0) is 12.2. The standard InChI is InChI=1S/C13H16N4O/c1-2-11-8-16-13(17-12(11)14-5-1)15-6-3-10-4-7-18-9-10/h1-2,5,8,10H,3-4,6-7,9H2,(H,14,15,16,17). The van der Waals surface area contributed by atoms with Gasteiger partial charge in [0, 0.05) is 37.5 Å². The zero-order valence-electron chi connectivity index (χ0n) is 10.2. The van der Waals surface area contributed by atoms with E-state index in [9.17, 15) is 0 Å². The second-order valence-electron chi connectivity index (χ2n) is 4.55. The summed E-state index contributed by atoms with van der Waals surface area (Å²) in [6.07, 6.45) is 5.82. The second kappa shape index (κ2) is 5.27. The summed E-state index contributed by atoms with van der Waals surface area (Å²) in [5, 5.41) is 4.21. The van der Waals surface area contributed by atoms with Gasteiger partial charge >= 0.3 is 0 Å². The fourth-order valence-corrected chi connectivity index (χ4v) is 2.15. The number of pyridine rings is 1. The number of hydrogen-bond acceptors (Lipinski definition) is 5. The van der Waals surface area contributed by atoms with E-state index in [-0.39, 0.29) is 0 Å². The van der Waals surface area contributed by atoms with E-state index in [1.807, 2.05) is 12.1 Å². The van der Waals surface area contributed by atoms with Gasteiger partial charge in [0.25, 0.3) is 0 Å².